The number of nitrogens with one attached hydrogen (secondary N) is 2. The fourth-order valence-electron chi connectivity index (χ4n) is 3.72. The number of halogens is 1. The molecule has 0 bridgehead atoms. The molecule has 1 aromatic heterocycles. The zero-order valence-corrected chi connectivity index (χ0v) is 19.5. The molecule has 3 amide bonds. The highest BCUT2D eigenvalue weighted by atomic mass is 79.9. The summed E-state index contributed by atoms with van der Waals surface area (Å²) in [7, 11) is 0. The predicted molar refractivity (Wildman–Crippen MR) is 121 cm³/mol. The van der Waals surface area contributed by atoms with Crippen LogP contribution >= 0.6 is 15.9 Å². The number of carbonyl (C=O) groups is 3. The first kappa shape index (κ1) is 23.1. The van der Waals surface area contributed by atoms with Gasteiger partial charge in [0, 0.05) is 21.3 Å². The number of fused-ring (bicyclic) bond motifs is 1. The van der Waals surface area contributed by atoms with Crippen molar-refractivity contribution in [3.63, 3.8) is 0 Å². The van der Waals surface area contributed by atoms with Gasteiger partial charge in [0.05, 0.1) is 6.61 Å². The Kier molecular flexibility index (Phi) is 6.93. The molecule has 0 spiro atoms. The number of furan rings is 1. The van der Waals surface area contributed by atoms with Crippen LogP contribution in [0.4, 0.5) is 10.5 Å². The van der Waals surface area contributed by atoms with E-state index < -0.39 is 12.0 Å². The minimum Gasteiger partial charge on any atom is -0.449 e. The summed E-state index contributed by atoms with van der Waals surface area (Å²) in [5, 5.41) is 6.24. The summed E-state index contributed by atoms with van der Waals surface area (Å²) in [5.74, 6) is -0.945. The van der Waals surface area contributed by atoms with Gasteiger partial charge in [-0.1, -0.05) is 15.9 Å². The molecule has 1 aliphatic rings. The molecule has 9 heteroatoms. The maximum absolute atomic E-state index is 12.9. The number of amides is 3. The van der Waals surface area contributed by atoms with Crippen molar-refractivity contribution in [1.29, 1.82) is 0 Å². The quantitative estimate of drug-likeness (QED) is 0.562. The lowest BCUT2D eigenvalue weighted by molar-refractivity contribution is -0.121. The number of benzene rings is 1. The van der Waals surface area contributed by atoms with Crippen molar-refractivity contribution in [3.05, 3.63) is 28.4 Å². The Bertz CT molecular complexity index is 987. The number of hydrogen-bond acceptors (Lipinski definition) is 5. The fourth-order valence-corrected chi connectivity index (χ4v) is 4.08. The maximum Gasteiger partial charge on any atom is 0.407 e. The number of carbonyl (C=O) groups excluding carboxylic acids is 3. The summed E-state index contributed by atoms with van der Waals surface area (Å²) in [6.45, 7) is 6.01. The third kappa shape index (κ3) is 6.00. The van der Waals surface area contributed by atoms with Gasteiger partial charge in [0.2, 0.25) is 11.7 Å². The van der Waals surface area contributed by atoms with Crippen molar-refractivity contribution >= 4 is 50.5 Å². The second-order valence-electron chi connectivity index (χ2n) is 8.99. The van der Waals surface area contributed by atoms with Crippen LogP contribution in [-0.2, 0) is 9.53 Å². The molecule has 168 valence electrons. The SMILES string of the molecule is CC(C)(C)NC(=O)OCC1CCC(C(=O)Nc2c(C(N)=O)oc3ccc(Br)cc23)CC1. The third-order valence-corrected chi connectivity index (χ3v) is 5.76. The Morgan fingerprint density at radius 3 is 2.48 bits per heavy atom. The van der Waals surface area contributed by atoms with Gasteiger partial charge in [-0.15, -0.1) is 0 Å². The van der Waals surface area contributed by atoms with Crippen LogP contribution in [0.3, 0.4) is 0 Å². The average Bonchev–Trinajstić information content (AvgIpc) is 3.03. The minimum absolute atomic E-state index is 0.0617. The van der Waals surface area contributed by atoms with E-state index in [1.807, 2.05) is 20.8 Å². The Morgan fingerprint density at radius 1 is 1.19 bits per heavy atom. The van der Waals surface area contributed by atoms with Gasteiger partial charge >= 0.3 is 6.09 Å². The van der Waals surface area contributed by atoms with E-state index in [2.05, 4.69) is 26.6 Å². The molecule has 1 saturated carbocycles. The average molecular weight is 494 g/mol. The van der Waals surface area contributed by atoms with Gasteiger partial charge < -0.3 is 25.5 Å². The number of hydrogen-bond donors (Lipinski definition) is 3. The van der Waals surface area contributed by atoms with Crippen LogP contribution in [0.5, 0.6) is 0 Å². The van der Waals surface area contributed by atoms with Crippen molar-refractivity contribution in [2.75, 3.05) is 11.9 Å². The molecule has 0 saturated heterocycles. The molecule has 1 aromatic carbocycles. The van der Waals surface area contributed by atoms with Crippen LogP contribution in [0.15, 0.2) is 27.1 Å². The van der Waals surface area contributed by atoms with Gasteiger partial charge in [-0.3, -0.25) is 9.59 Å². The summed E-state index contributed by atoms with van der Waals surface area (Å²) < 4.78 is 11.7. The summed E-state index contributed by atoms with van der Waals surface area (Å²) >= 11 is 3.39. The van der Waals surface area contributed by atoms with Crippen LogP contribution in [0.2, 0.25) is 0 Å². The van der Waals surface area contributed by atoms with Gasteiger partial charge in [0.15, 0.2) is 0 Å². The Balaban J connectivity index is 1.58. The van der Waals surface area contributed by atoms with Crippen molar-refractivity contribution in [3.8, 4) is 0 Å². The first-order valence-corrected chi connectivity index (χ1v) is 11.1. The molecule has 2 aromatic rings. The summed E-state index contributed by atoms with van der Waals surface area (Å²) in [4.78, 5) is 36.5. The molecule has 0 aliphatic heterocycles. The molecule has 4 N–H and O–H groups in total. The van der Waals surface area contributed by atoms with E-state index in [1.54, 1.807) is 18.2 Å². The first-order valence-electron chi connectivity index (χ1n) is 10.3. The highest BCUT2D eigenvalue weighted by molar-refractivity contribution is 9.10. The third-order valence-electron chi connectivity index (χ3n) is 5.27. The normalized spacial score (nSPS) is 19.1. The van der Waals surface area contributed by atoms with E-state index in [-0.39, 0.29) is 29.0 Å². The van der Waals surface area contributed by atoms with Gasteiger partial charge in [0.25, 0.3) is 5.91 Å². The molecule has 0 atom stereocenters. The van der Waals surface area contributed by atoms with E-state index >= 15 is 0 Å². The fraction of sp³-hybridized carbons (Fsp3) is 0.500. The summed E-state index contributed by atoms with van der Waals surface area (Å²) in [5.41, 5.74) is 5.88. The lowest BCUT2D eigenvalue weighted by Gasteiger charge is -2.28. The van der Waals surface area contributed by atoms with Crippen molar-refractivity contribution in [2.45, 2.75) is 52.0 Å². The molecule has 8 nitrogen and oxygen atoms in total. The zero-order valence-electron chi connectivity index (χ0n) is 17.9. The summed E-state index contributed by atoms with van der Waals surface area (Å²) in [6.07, 6.45) is 2.48. The number of anilines is 1. The number of alkyl carbamates (subject to hydrolysis) is 1. The molecule has 1 aliphatic carbocycles. The molecule has 0 unspecified atom stereocenters. The number of nitrogens with two attached hydrogens (primary N) is 1. The van der Waals surface area contributed by atoms with E-state index in [1.165, 1.54) is 0 Å². The molecule has 3 rings (SSSR count). The first-order chi connectivity index (χ1) is 14.5. The van der Waals surface area contributed by atoms with Gasteiger partial charge in [-0.05, 0) is 70.6 Å². The highest BCUT2D eigenvalue weighted by Gasteiger charge is 2.29. The number of rotatable bonds is 5. The Labute approximate surface area is 189 Å². The maximum atomic E-state index is 12.9. The highest BCUT2D eigenvalue weighted by Crippen LogP contribution is 2.35. The lowest BCUT2D eigenvalue weighted by Crippen LogP contribution is -2.41. The monoisotopic (exact) mass is 493 g/mol. The molecule has 0 radical (unpaired) electrons. The molecule has 31 heavy (non-hydrogen) atoms. The lowest BCUT2D eigenvalue weighted by atomic mass is 9.82. The van der Waals surface area contributed by atoms with Crippen LogP contribution < -0.4 is 16.4 Å². The zero-order chi connectivity index (χ0) is 22.8. The van der Waals surface area contributed by atoms with Crippen LogP contribution in [-0.4, -0.2) is 30.1 Å². The van der Waals surface area contributed by atoms with Crippen LogP contribution in [0, 0.1) is 11.8 Å². The van der Waals surface area contributed by atoms with Gasteiger partial charge in [-0.25, -0.2) is 4.79 Å². The topological polar surface area (TPSA) is 124 Å². The molecular formula is C22H28BrN3O5. The minimum atomic E-state index is -0.739. The largest absolute Gasteiger partial charge is 0.449 e. The van der Waals surface area contributed by atoms with Gasteiger partial charge in [0.1, 0.15) is 11.3 Å². The molecule has 1 fully saturated rings. The van der Waals surface area contributed by atoms with Gasteiger partial charge in [-0.2, -0.15) is 0 Å². The second-order valence-corrected chi connectivity index (χ2v) is 9.91. The number of primary amides is 1. The Hall–Kier alpha value is -2.55. The van der Waals surface area contributed by atoms with E-state index in [4.69, 9.17) is 14.9 Å². The van der Waals surface area contributed by atoms with E-state index in [9.17, 15) is 14.4 Å². The van der Waals surface area contributed by atoms with Crippen molar-refractivity contribution in [1.82, 2.24) is 5.32 Å². The second kappa shape index (κ2) is 9.30. The standard InChI is InChI=1S/C22H28BrN3O5/c1-22(2,3)26-21(29)30-11-12-4-6-13(7-5-12)20(28)25-17-15-10-14(23)8-9-16(15)31-18(17)19(24)27/h8-10,12-13H,4-7,11H2,1-3H3,(H2,24,27)(H,25,28)(H,26,29). The predicted octanol–water partition coefficient (Wildman–Crippen LogP) is 4.56. The molecule has 1 heterocycles. The summed E-state index contributed by atoms with van der Waals surface area (Å²) in [6, 6.07) is 5.27. The smallest absolute Gasteiger partial charge is 0.407 e. The number of ether oxygens (including phenoxy) is 1. The Morgan fingerprint density at radius 2 is 1.87 bits per heavy atom. The van der Waals surface area contributed by atoms with E-state index in [0.29, 0.717) is 36.1 Å². The molecular weight excluding hydrogens is 466 g/mol. The van der Waals surface area contributed by atoms with Crippen molar-refractivity contribution in [2.24, 2.45) is 17.6 Å². The van der Waals surface area contributed by atoms with Crippen LogP contribution in [0.1, 0.15) is 57.0 Å². The van der Waals surface area contributed by atoms with Crippen LogP contribution in [0.25, 0.3) is 11.0 Å². The van der Waals surface area contributed by atoms with Crippen molar-refractivity contribution < 1.29 is 23.5 Å². The van der Waals surface area contributed by atoms with E-state index in [0.717, 1.165) is 17.3 Å².